The molecule has 4 aromatic heterocycles. The van der Waals surface area contributed by atoms with Crippen LogP contribution in [0, 0.1) is 12.8 Å². The minimum atomic E-state index is -3.33. The molecule has 0 aromatic carbocycles. The van der Waals surface area contributed by atoms with E-state index in [2.05, 4.69) is 37.2 Å². The molecule has 11 nitrogen and oxygen atoms in total. The van der Waals surface area contributed by atoms with E-state index >= 15 is 0 Å². The zero-order valence-electron chi connectivity index (χ0n) is 22.8. The minimum absolute atomic E-state index is 0.00557. The monoisotopic (exact) mass is 560 g/mol. The fourth-order valence-corrected chi connectivity index (χ4v) is 6.35. The van der Waals surface area contributed by atoms with Crippen molar-refractivity contribution < 1.29 is 8.42 Å². The summed E-state index contributed by atoms with van der Waals surface area (Å²) in [5.74, 6) is 1.42. The van der Waals surface area contributed by atoms with Crippen molar-refractivity contribution in [2.24, 2.45) is 5.92 Å². The number of aromatic nitrogens is 7. The molecule has 2 aliphatic carbocycles. The van der Waals surface area contributed by atoms with Crippen LogP contribution < -0.4 is 10.9 Å². The fraction of sp³-hybridized carbons (Fsp3) is 0.464. The Balaban J connectivity index is 1.40. The van der Waals surface area contributed by atoms with E-state index < -0.39 is 9.84 Å². The van der Waals surface area contributed by atoms with Crippen LogP contribution in [0.1, 0.15) is 75.0 Å². The van der Waals surface area contributed by atoms with E-state index in [9.17, 15) is 13.2 Å². The highest BCUT2D eigenvalue weighted by Gasteiger charge is 2.32. The van der Waals surface area contributed by atoms with Gasteiger partial charge in [0.05, 0.1) is 46.0 Å². The second-order valence-corrected chi connectivity index (χ2v) is 13.0. The van der Waals surface area contributed by atoms with Crippen molar-refractivity contribution in [3.63, 3.8) is 0 Å². The van der Waals surface area contributed by atoms with Gasteiger partial charge in [-0.05, 0) is 50.7 Å². The first-order valence-electron chi connectivity index (χ1n) is 13.8. The van der Waals surface area contributed by atoms with Crippen LogP contribution in [-0.4, -0.2) is 48.6 Å². The summed E-state index contributed by atoms with van der Waals surface area (Å²) in [6.07, 6.45) is 9.75. The normalized spacial score (nSPS) is 19.3. The van der Waals surface area contributed by atoms with E-state index in [1.165, 1.54) is 12.3 Å². The summed E-state index contributed by atoms with van der Waals surface area (Å²) < 4.78 is 26.0. The second kappa shape index (κ2) is 10.3. The zero-order chi connectivity index (χ0) is 28.0. The Labute approximate surface area is 232 Å². The largest absolute Gasteiger partial charge is 0.360 e. The van der Waals surface area contributed by atoms with Gasteiger partial charge < -0.3 is 5.32 Å². The maximum absolute atomic E-state index is 13.9. The van der Waals surface area contributed by atoms with Gasteiger partial charge in [-0.3, -0.25) is 14.3 Å². The van der Waals surface area contributed by atoms with E-state index in [0.29, 0.717) is 34.5 Å². The standard InChI is InChI=1S/C28H32N8O3S/c1-4-40(38,39)20-11-10-19(29-13-20)12-30-26-28(37)36(22-7-5-6-16(22)2)27-21(34-26)14-31-25(35-27)23-17(3)32-15-33-24(23)18-8-9-18/h10-11,13-16,18,22H,4-9,12H2,1-3H3,(H,30,34)/t16-,22?/m0/s1. The molecule has 40 heavy (non-hydrogen) atoms. The van der Waals surface area contributed by atoms with E-state index in [4.69, 9.17) is 4.98 Å². The summed E-state index contributed by atoms with van der Waals surface area (Å²) >= 11 is 0. The number of pyridine rings is 1. The number of nitrogens with zero attached hydrogens (tertiary/aromatic N) is 7. The molecule has 4 heterocycles. The zero-order valence-corrected chi connectivity index (χ0v) is 23.6. The van der Waals surface area contributed by atoms with Crippen molar-refractivity contribution in [2.45, 2.75) is 76.3 Å². The van der Waals surface area contributed by atoms with Crippen molar-refractivity contribution in [3.8, 4) is 11.4 Å². The Morgan fingerprint density at radius 1 is 1.02 bits per heavy atom. The molecule has 2 aliphatic rings. The van der Waals surface area contributed by atoms with E-state index in [1.807, 2.05) is 6.92 Å². The second-order valence-electron chi connectivity index (χ2n) is 10.7. The molecular formula is C28H32N8O3S. The number of fused-ring (bicyclic) bond motifs is 1. The van der Waals surface area contributed by atoms with Crippen molar-refractivity contribution in [1.82, 2.24) is 34.5 Å². The molecule has 0 bridgehead atoms. The highest BCUT2D eigenvalue weighted by Crippen LogP contribution is 2.43. The summed E-state index contributed by atoms with van der Waals surface area (Å²) in [4.78, 5) is 41.5. The molecule has 0 amide bonds. The SMILES string of the molecule is CCS(=O)(=O)c1ccc(CNc2nc3cnc(-c4c(C)ncnc4C4CC4)nc3n(C3CCC[C@@H]3C)c2=O)nc1. The topological polar surface area (TPSA) is 146 Å². The number of nitrogens with one attached hydrogen (secondary N) is 1. The third kappa shape index (κ3) is 4.85. The van der Waals surface area contributed by atoms with Crippen molar-refractivity contribution >= 4 is 26.8 Å². The van der Waals surface area contributed by atoms with Gasteiger partial charge in [0.2, 0.25) is 0 Å². The van der Waals surface area contributed by atoms with Crippen LogP contribution in [-0.2, 0) is 16.4 Å². The Kier molecular flexibility index (Phi) is 6.81. The number of hydrogen-bond acceptors (Lipinski definition) is 10. The van der Waals surface area contributed by atoms with Gasteiger partial charge >= 0.3 is 0 Å². The number of sulfone groups is 1. The first kappa shape index (κ1) is 26.4. The summed E-state index contributed by atoms with van der Waals surface area (Å²) in [6, 6.07) is 3.18. The molecule has 6 rings (SSSR count). The molecule has 4 aromatic rings. The fourth-order valence-electron chi connectivity index (χ4n) is 5.53. The maximum Gasteiger partial charge on any atom is 0.295 e. The molecule has 12 heteroatoms. The van der Waals surface area contributed by atoms with Crippen molar-refractivity contribution in [3.05, 3.63) is 58.3 Å². The lowest BCUT2D eigenvalue weighted by Gasteiger charge is -2.21. The molecule has 0 radical (unpaired) electrons. The quantitative estimate of drug-likeness (QED) is 0.336. The van der Waals surface area contributed by atoms with E-state index in [0.717, 1.165) is 49.1 Å². The lowest BCUT2D eigenvalue weighted by molar-refractivity contribution is 0.406. The minimum Gasteiger partial charge on any atom is -0.360 e. The number of rotatable bonds is 8. The van der Waals surface area contributed by atoms with Gasteiger partial charge in [-0.25, -0.2) is 33.3 Å². The maximum atomic E-state index is 13.9. The average Bonchev–Trinajstić information content (AvgIpc) is 3.72. The van der Waals surface area contributed by atoms with Crippen LogP contribution in [0.4, 0.5) is 5.82 Å². The van der Waals surface area contributed by atoms with E-state index in [-0.39, 0.29) is 34.6 Å². The predicted molar refractivity (Wildman–Crippen MR) is 151 cm³/mol. The van der Waals surface area contributed by atoms with Crippen LogP contribution in [0.3, 0.4) is 0 Å². The Hall–Kier alpha value is -3.80. The number of aryl methyl sites for hydroxylation is 1. The Morgan fingerprint density at radius 2 is 1.85 bits per heavy atom. The summed E-state index contributed by atoms with van der Waals surface area (Å²) in [5.41, 5.74) is 4.00. The van der Waals surface area contributed by atoms with Crippen LogP contribution in [0.5, 0.6) is 0 Å². The smallest absolute Gasteiger partial charge is 0.295 e. The molecule has 2 atom stereocenters. The van der Waals surface area contributed by atoms with Crippen LogP contribution in [0.25, 0.3) is 22.6 Å². The van der Waals surface area contributed by atoms with Crippen molar-refractivity contribution in [1.29, 1.82) is 0 Å². The Morgan fingerprint density at radius 3 is 2.52 bits per heavy atom. The number of hydrogen-bond donors (Lipinski definition) is 1. The molecule has 0 aliphatic heterocycles. The molecule has 0 saturated heterocycles. The molecule has 2 saturated carbocycles. The van der Waals surface area contributed by atoms with Gasteiger partial charge in [-0.15, -0.1) is 0 Å². The van der Waals surface area contributed by atoms with Crippen LogP contribution >= 0.6 is 0 Å². The van der Waals surface area contributed by atoms with Crippen molar-refractivity contribution in [2.75, 3.05) is 11.1 Å². The summed E-state index contributed by atoms with van der Waals surface area (Å²) in [6.45, 7) is 5.92. The van der Waals surface area contributed by atoms with Gasteiger partial charge in [0.1, 0.15) is 11.8 Å². The van der Waals surface area contributed by atoms with Gasteiger partial charge in [0.15, 0.2) is 27.1 Å². The molecular weight excluding hydrogens is 528 g/mol. The van der Waals surface area contributed by atoms with Gasteiger partial charge in [0.25, 0.3) is 5.56 Å². The first-order chi connectivity index (χ1) is 19.3. The molecule has 2 fully saturated rings. The van der Waals surface area contributed by atoms with Gasteiger partial charge in [-0.1, -0.05) is 20.3 Å². The Bertz CT molecular complexity index is 1750. The highest BCUT2D eigenvalue weighted by atomic mass is 32.2. The highest BCUT2D eigenvalue weighted by molar-refractivity contribution is 7.91. The lowest BCUT2D eigenvalue weighted by Crippen LogP contribution is -2.30. The van der Waals surface area contributed by atoms with E-state index in [1.54, 1.807) is 30.1 Å². The van der Waals surface area contributed by atoms with Crippen LogP contribution in [0.2, 0.25) is 0 Å². The summed E-state index contributed by atoms with van der Waals surface area (Å²) in [7, 11) is -3.33. The first-order valence-corrected chi connectivity index (χ1v) is 15.4. The third-order valence-corrected chi connectivity index (χ3v) is 9.73. The number of anilines is 1. The predicted octanol–water partition coefficient (Wildman–Crippen LogP) is 3.99. The molecule has 0 spiro atoms. The van der Waals surface area contributed by atoms with Crippen LogP contribution in [0.15, 0.2) is 40.5 Å². The molecule has 1 unspecified atom stereocenters. The third-order valence-electron chi connectivity index (χ3n) is 8.01. The lowest BCUT2D eigenvalue weighted by atomic mass is 10.1. The molecule has 208 valence electrons. The summed E-state index contributed by atoms with van der Waals surface area (Å²) in [5, 5.41) is 3.13. The van der Waals surface area contributed by atoms with Gasteiger partial charge in [0, 0.05) is 18.2 Å². The average molecular weight is 561 g/mol. The molecule has 1 N–H and O–H groups in total. The van der Waals surface area contributed by atoms with Gasteiger partial charge in [-0.2, -0.15) is 0 Å².